The first-order valence-electron chi connectivity index (χ1n) is 6.38. The van der Waals surface area contributed by atoms with Crippen molar-refractivity contribution in [1.82, 2.24) is 4.98 Å². The van der Waals surface area contributed by atoms with Gasteiger partial charge in [0.25, 0.3) is 0 Å². The van der Waals surface area contributed by atoms with Crippen LogP contribution in [-0.2, 0) is 24.1 Å². The summed E-state index contributed by atoms with van der Waals surface area (Å²) in [6.07, 6.45) is 3.51. The summed E-state index contributed by atoms with van der Waals surface area (Å²) in [5.41, 5.74) is 2.87. The fourth-order valence-corrected chi connectivity index (χ4v) is 2.09. The number of carbonyl (C=O) groups is 1. The maximum Gasteiger partial charge on any atom is 0.143 e. The number of rotatable bonds is 5. The molecule has 3 heteroatoms. The predicted octanol–water partition coefficient (Wildman–Crippen LogP) is 3.65. The van der Waals surface area contributed by atoms with Gasteiger partial charge in [0.1, 0.15) is 5.78 Å². The lowest BCUT2D eigenvalue weighted by Crippen LogP contribution is -2.08. The zero-order valence-corrected chi connectivity index (χ0v) is 11.7. The zero-order chi connectivity index (χ0) is 13.7. The molecule has 1 heterocycles. The third kappa shape index (κ3) is 3.90. The van der Waals surface area contributed by atoms with Crippen molar-refractivity contribution in [3.05, 3.63) is 64.4 Å². The van der Waals surface area contributed by atoms with Crippen molar-refractivity contribution in [3.63, 3.8) is 0 Å². The Morgan fingerprint density at radius 1 is 1.16 bits per heavy atom. The number of aromatic nitrogens is 1. The van der Waals surface area contributed by atoms with Crippen molar-refractivity contribution in [2.24, 2.45) is 0 Å². The molecule has 0 bridgehead atoms. The van der Waals surface area contributed by atoms with Crippen LogP contribution in [0.25, 0.3) is 0 Å². The number of hydrogen-bond donors (Lipinski definition) is 0. The number of Topliss-reactive ketones (excluding diaryl/α,β-unsaturated/α-hetero) is 1. The monoisotopic (exact) mass is 273 g/mol. The van der Waals surface area contributed by atoms with Crippen molar-refractivity contribution in [3.8, 4) is 0 Å². The fraction of sp³-hybridized carbons (Fsp3) is 0.250. The summed E-state index contributed by atoms with van der Waals surface area (Å²) < 4.78 is 0. The van der Waals surface area contributed by atoms with E-state index in [1.165, 1.54) is 5.56 Å². The van der Waals surface area contributed by atoms with Crippen LogP contribution < -0.4 is 0 Å². The molecule has 0 fully saturated rings. The van der Waals surface area contributed by atoms with E-state index in [1.54, 1.807) is 6.07 Å². The topological polar surface area (TPSA) is 30.0 Å². The number of ketones is 1. The van der Waals surface area contributed by atoms with Gasteiger partial charge in [-0.25, -0.2) is 0 Å². The standard InChI is InChI=1S/C16H16ClNO/c1-2-12-7-8-14(18-11-12)10-15(19)9-13-5-3-4-6-16(13)17/h3-8,11H,2,9-10H2,1H3. The quantitative estimate of drug-likeness (QED) is 0.832. The first-order valence-corrected chi connectivity index (χ1v) is 6.75. The van der Waals surface area contributed by atoms with E-state index in [4.69, 9.17) is 11.6 Å². The first-order chi connectivity index (χ1) is 9.19. The predicted molar refractivity (Wildman–Crippen MR) is 77.5 cm³/mol. The molecule has 0 unspecified atom stereocenters. The Morgan fingerprint density at radius 2 is 1.95 bits per heavy atom. The SMILES string of the molecule is CCc1ccc(CC(=O)Cc2ccccc2Cl)nc1. The van der Waals surface area contributed by atoms with Gasteiger partial charge in [-0.2, -0.15) is 0 Å². The van der Waals surface area contributed by atoms with Gasteiger partial charge in [0.2, 0.25) is 0 Å². The van der Waals surface area contributed by atoms with Crippen molar-refractivity contribution >= 4 is 17.4 Å². The molecule has 2 aromatic rings. The average Bonchev–Trinajstić information content (AvgIpc) is 2.42. The highest BCUT2D eigenvalue weighted by Gasteiger charge is 2.08. The summed E-state index contributed by atoms with van der Waals surface area (Å²) in [6.45, 7) is 2.08. The Hall–Kier alpha value is -1.67. The Labute approximate surface area is 118 Å². The molecule has 0 amide bonds. The van der Waals surface area contributed by atoms with Gasteiger partial charge in [-0.1, -0.05) is 42.8 Å². The average molecular weight is 274 g/mol. The number of benzene rings is 1. The molecule has 0 aliphatic rings. The van der Waals surface area contributed by atoms with E-state index in [9.17, 15) is 4.79 Å². The summed E-state index contributed by atoms with van der Waals surface area (Å²) >= 11 is 6.04. The minimum Gasteiger partial charge on any atom is -0.299 e. The minimum atomic E-state index is 0.129. The molecular weight excluding hydrogens is 258 g/mol. The van der Waals surface area contributed by atoms with Gasteiger partial charge in [0, 0.05) is 29.8 Å². The molecule has 98 valence electrons. The first kappa shape index (κ1) is 13.8. The van der Waals surface area contributed by atoms with Crippen molar-refractivity contribution in [2.75, 3.05) is 0 Å². The minimum absolute atomic E-state index is 0.129. The highest BCUT2D eigenvalue weighted by Crippen LogP contribution is 2.16. The molecular formula is C16H16ClNO. The molecule has 1 aromatic carbocycles. The van der Waals surface area contributed by atoms with E-state index in [1.807, 2.05) is 36.5 Å². The van der Waals surface area contributed by atoms with Gasteiger partial charge in [-0.15, -0.1) is 0 Å². The summed E-state index contributed by atoms with van der Waals surface area (Å²) in [5.74, 6) is 0.129. The van der Waals surface area contributed by atoms with Gasteiger partial charge in [0.15, 0.2) is 0 Å². The summed E-state index contributed by atoms with van der Waals surface area (Å²) in [4.78, 5) is 16.3. The highest BCUT2D eigenvalue weighted by molar-refractivity contribution is 6.31. The van der Waals surface area contributed by atoms with Crippen LogP contribution in [0.4, 0.5) is 0 Å². The Balaban J connectivity index is 1.99. The molecule has 0 aliphatic carbocycles. The van der Waals surface area contributed by atoms with Crippen molar-refractivity contribution in [2.45, 2.75) is 26.2 Å². The summed E-state index contributed by atoms with van der Waals surface area (Å²) in [6, 6.07) is 11.4. The fourth-order valence-electron chi connectivity index (χ4n) is 1.89. The van der Waals surface area contributed by atoms with Gasteiger partial charge < -0.3 is 0 Å². The van der Waals surface area contributed by atoms with E-state index >= 15 is 0 Å². The van der Waals surface area contributed by atoms with Gasteiger partial charge >= 0.3 is 0 Å². The van der Waals surface area contributed by atoms with Crippen LogP contribution in [0, 0.1) is 0 Å². The van der Waals surface area contributed by atoms with Gasteiger partial charge in [-0.3, -0.25) is 9.78 Å². The van der Waals surface area contributed by atoms with Crippen LogP contribution in [0.1, 0.15) is 23.7 Å². The number of halogens is 1. The van der Waals surface area contributed by atoms with Gasteiger partial charge in [-0.05, 0) is 29.7 Å². The number of carbonyl (C=O) groups excluding carboxylic acids is 1. The molecule has 0 aliphatic heterocycles. The number of hydrogen-bond acceptors (Lipinski definition) is 2. The molecule has 0 spiro atoms. The lowest BCUT2D eigenvalue weighted by Gasteiger charge is -2.04. The van der Waals surface area contributed by atoms with E-state index < -0.39 is 0 Å². The second-order valence-corrected chi connectivity index (χ2v) is 4.90. The van der Waals surface area contributed by atoms with E-state index in [0.29, 0.717) is 17.9 Å². The maximum atomic E-state index is 12.0. The lowest BCUT2D eigenvalue weighted by atomic mass is 10.1. The second-order valence-electron chi connectivity index (χ2n) is 4.49. The lowest BCUT2D eigenvalue weighted by molar-refractivity contribution is -0.117. The van der Waals surface area contributed by atoms with Crippen LogP contribution in [0.5, 0.6) is 0 Å². The van der Waals surface area contributed by atoms with E-state index in [-0.39, 0.29) is 5.78 Å². The molecule has 19 heavy (non-hydrogen) atoms. The van der Waals surface area contributed by atoms with E-state index in [2.05, 4.69) is 11.9 Å². The molecule has 0 saturated carbocycles. The third-order valence-electron chi connectivity index (χ3n) is 3.02. The van der Waals surface area contributed by atoms with Crippen molar-refractivity contribution < 1.29 is 4.79 Å². The Kier molecular flexibility index (Phi) is 4.69. The molecule has 0 N–H and O–H groups in total. The van der Waals surface area contributed by atoms with Crippen LogP contribution >= 0.6 is 11.6 Å². The molecule has 0 radical (unpaired) electrons. The summed E-state index contributed by atoms with van der Waals surface area (Å²) in [5, 5.41) is 0.644. The van der Waals surface area contributed by atoms with E-state index in [0.717, 1.165) is 17.7 Å². The highest BCUT2D eigenvalue weighted by atomic mass is 35.5. The molecule has 0 atom stereocenters. The van der Waals surface area contributed by atoms with Crippen LogP contribution in [0.3, 0.4) is 0 Å². The van der Waals surface area contributed by atoms with Crippen LogP contribution in [0.2, 0.25) is 5.02 Å². The normalized spacial score (nSPS) is 10.4. The molecule has 2 nitrogen and oxygen atoms in total. The second kappa shape index (κ2) is 6.48. The van der Waals surface area contributed by atoms with Crippen LogP contribution in [0.15, 0.2) is 42.6 Å². The number of nitrogens with zero attached hydrogens (tertiary/aromatic N) is 1. The summed E-state index contributed by atoms with van der Waals surface area (Å²) in [7, 11) is 0. The Morgan fingerprint density at radius 3 is 2.58 bits per heavy atom. The number of pyridine rings is 1. The third-order valence-corrected chi connectivity index (χ3v) is 3.39. The van der Waals surface area contributed by atoms with Crippen LogP contribution in [-0.4, -0.2) is 10.8 Å². The van der Waals surface area contributed by atoms with Gasteiger partial charge in [0.05, 0.1) is 0 Å². The molecule has 0 saturated heterocycles. The smallest absolute Gasteiger partial charge is 0.143 e. The number of aryl methyl sites for hydroxylation is 1. The molecule has 2 rings (SSSR count). The Bertz CT molecular complexity index is 563. The zero-order valence-electron chi connectivity index (χ0n) is 10.9. The van der Waals surface area contributed by atoms with Crippen molar-refractivity contribution in [1.29, 1.82) is 0 Å². The maximum absolute atomic E-state index is 12.0. The molecule has 1 aromatic heterocycles. The largest absolute Gasteiger partial charge is 0.299 e.